The maximum atomic E-state index is 12.4. The van der Waals surface area contributed by atoms with E-state index in [1.165, 1.54) is 24.7 Å². The van der Waals surface area contributed by atoms with Crippen LogP contribution in [0.4, 0.5) is 0 Å². The first kappa shape index (κ1) is 18.4. The second-order valence-corrected chi connectivity index (χ2v) is 8.10. The van der Waals surface area contributed by atoms with E-state index < -0.39 is 7.75 Å². The van der Waals surface area contributed by atoms with Crippen molar-refractivity contribution in [1.29, 1.82) is 0 Å². The summed E-state index contributed by atoms with van der Waals surface area (Å²) in [5, 5.41) is 11.1. The van der Waals surface area contributed by atoms with Gasteiger partial charge in [0.15, 0.2) is 0 Å². The highest BCUT2D eigenvalue weighted by atomic mass is 32.1. The summed E-state index contributed by atoms with van der Waals surface area (Å²) in [5.74, 6) is 0.672. The molecule has 0 bridgehead atoms. The van der Waals surface area contributed by atoms with Crippen molar-refractivity contribution < 1.29 is 18.7 Å². The highest BCUT2D eigenvalue weighted by Gasteiger charge is 2.29. The maximum absolute atomic E-state index is 12.4. The van der Waals surface area contributed by atoms with Crippen LogP contribution in [0.2, 0.25) is 0 Å². The van der Waals surface area contributed by atoms with E-state index in [0.29, 0.717) is 18.7 Å². The van der Waals surface area contributed by atoms with E-state index in [9.17, 15) is 4.57 Å². The molecule has 1 aliphatic rings. The van der Waals surface area contributed by atoms with Crippen LogP contribution in [0.3, 0.4) is 0 Å². The number of nitrogens with zero attached hydrogens (tertiary/aromatic N) is 2. The van der Waals surface area contributed by atoms with Gasteiger partial charge in [0.05, 0.1) is 6.04 Å². The Kier molecular flexibility index (Phi) is 6.56. The van der Waals surface area contributed by atoms with Crippen LogP contribution in [-0.4, -0.2) is 43.7 Å². The van der Waals surface area contributed by atoms with Crippen molar-refractivity contribution in [2.75, 3.05) is 27.9 Å². The smallest absolute Gasteiger partial charge is 0.396 e. The molecule has 0 amide bonds. The highest BCUT2D eigenvalue weighted by molar-refractivity contribution is 7.52. The Bertz CT molecular complexity index is 607. The van der Waals surface area contributed by atoms with Crippen LogP contribution in [0.25, 0.3) is 0 Å². The molecule has 0 aliphatic carbocycles. The molecule has 1 atom stereocenters. The molecular weight excluding hydrogens is 335 g/mol. The third-order valence-electron chi connectivity index (χ3n) is 3.79. The molecule has 2 rings (SSSR count). The number of hydrogen-bond acceptors (Lipinski definition) is 5. The normalized spacial score (nSPS) is 20.9. The van der Waals surface area contributed by atoms with E-state index in [1.807, 2.05) is 23.4 Å². The standard InChI is InChI=1S/C15H23N2O4PS/c1-17-13(14-7-5-9-23-14)10-12(6-4-8-18)11-15(17)16-22(19,20-2)21-3/h5,7,9-10,13,18H,4,6,8,11H2,1-3H3/b16-15-. The summed E-state index contributed by atoms with van der Waals surface area (Å²) < 4.78 is 26.5. The van der Waals surface area contributed by atoms with E-state index in [-0.39, 0.29) is 12.6 Å². The summed E-state index contributed by atoms with van der Waals surface area (Å²) in [4.78, 5) is 3.19. The summed E-state index contributed by atoms with van der Waals surface area (Å²) >= 11 is 1.67. The number of aliphatic hydroxyl groups is 1. The summed E-state index contributed by atoms with van der Waals surface area (Å²) in [6.07, 6.45) is 4.27. The van der Waals surface area contributed by atoms with E-state index in [0.717, 1.165) is 6.42 Å². The van der Waals surface area contributed by atoms with Crippen LogP contribution >= 0.6 is 19.1 Å². The lowest BCUT2D eigenvalue weighted by atomic mass is 9.97. The monoisotopic (exact) mass is 358 g/mol. The minimum absolute atomic E-state index is 0.0401. The summed E-state index contributed by atoms with van der Waals surface area (Å²) in [5.41, 5.74) is 1.17. The van der Waals surface area contributed by atoms with Crippen LogP contribution in [-0.2, 0) is 13.6 Å². The number of thiophene rings is 1. The third kappa shape index (κ3) is 4.52. The topological polar surface area (TPSA) is 71.4 Å². The number of hydrogen-bond donors (Lipinski definition) is 1. The Hall–Kier alpha value is -0.980. The molecule has 0 fully saturated rings. The van der Waals surface area contributed by atoms with Gasteiger partial charge < -0.3 is 10.0 Å². The SMILES string of the molecule is COP(=O)(/N=C1/CC(CCCO)=CC(c2cccs2)N1C)OC. The molecule has 1 aromatic rings. The zero-order chi connectivity index (χ0) is 16.9. The Morgan fingerprint density at radius 1 is 1.48 bits per heavy atom. The first-order valence-electron chi connectivity index (χ1n) is 7.40. The van der Waals surface area contributed by atoms with Crippen LogP contribution in [0.15, 0.2) is 33.9 Å². The molecule has 128 valence electrons. The maximum Gasteiger partial charge on any atom is 0.454 e. The fraction of sp³-hybridized carbons (Fsp3) is 0.533. The second-order valence-electron chi connectivity index (χ2n) is 5.25. The van der Waals surface area contributed by atoms with Gasteiger partial charge in [-0.3, -0.25) is 9.05 Å². The van der Waals surface area contributed by atoms with Gasteiger partial charge in [-0.1, -0.05) is 17.7 Å². The van der Waals surface area contributed by atoms with Gasteiger partial charge >= 0.3 is 7.75 Å². The molecule has 1 aromatic heterocycles. The predicted molar refractivity (Wildman–Crippen MR) is 92.9 cm³/mol. The van der Waals surface area contributed by atoms with Gasteiger partial charge in [0, 0.05) is 39.2 Å². The van der Waals surface area contributed by atoms with Gasteiger partial charge in [-0.2, -0.15) is 4.76 Å². The lowest BCUT2D eigenvalue weighted by molar-refractivity contribution is 0.275. The van der Waals surface area contributed by atoms with Crippen LogP contribution in [0, 0.1) is 0 Å². The Morgan fingerprint density at radius 3 is 2.78 bits per heavy atom. The molecule has 0 spiro atoms. The van der Waals surface area contributed by atoms with Gasteiger partial charge in [-0.05, 0) is 24.3 Å². The Labute approximate surface area is 141 Å². The number of amidine groups is 1. The van der Waals surface area contributed by atoms with E-state index in [1.54, 1.807) is 11.3 Å². The first-order chi connectivity index (χ1) is 11.0. The van der Waals surface area contributed by atoms with Crippen LogP contribution in [0.5, 0.6) is 0 Å². The predicted octanol–water partition coefficient (Wildman–Crippen LogP) is 3.62. The molecule has 0 saturated heterocycles. The Morgan fingerprint density at radius 2 is 2.22 bits per heavy atom. The fourth-order valence-corrected chi connectivity index (χ4v) is 4.14. The molecule has 1 N–H and O–H groups in total. The van der Waals surface area contributed by atoms with E-state index in [2.05, 4.69) is 16.9 Å². The average molecular weight is 358 g/mol. The molecule has 1 aliphatic heterocycles. The van der Waals surface area contributed by atoms with Gasteiger partial charge in [0.25, 0.3) is 0 Å². The van der Waals surface area contributed by atoms with Crippen LogP contribution in [0.1, 0.15) is 30.2 Å². The quantitative estimate of drug-likeness (QED) is 0.595. The molecule has 6 nitrogen and oxygen atoms in total. The Balaban J connectivity index is 2.36. The van der Waals surface area contributed by atoms with Crippen LogP contribution < -0.4 is 0 Å². The molecule has 0 aromatic carbocycles. The third-order valence-corrected chi connectivity index (χ3v) is 6.13. The largest absolute Gasteiger partial charge is 0.454 e. The second kappa shape index (κ2) is 8.22. The van der Waals surface area contributed by atoms with Crippen molar-refractivity contribution in [3.05, 3.63) is 34.0 Å². The molecule has 23 heavy (non-hydrogen) atoms. The number of rotatable bonds is 7. The van der Waals surface area contributed by atoms with Crippen molar-refractivity contribution in [2.24, 2.45) is 4.76 Å². The lowest BCUT2D eigenvalue weighted by Gasteiger charge is -2.34. The van der Waals surface area contributed by atoms with E-state index in [4.69, 9.17) is 14.2 Å². The molecule has 8 heteroatoms. The van der Waals surface area contributed by atoms with Crippen molar-refractivity contribution in [3.63, 3.8) is 0 Å². The minimum Gasteiger partial charge on any atom is -0.396 e. The van der Waals surface area contributed by atoms with Gasteiger partial charge in [0.1, 0.15) is 5.84 Å². The molecule has 1 unspecified atom stereocenters. The van der Waals surface area contributed by atoms with E-state index >= 15 is 0 Å². The zero-order valence-corrected chi connectivity index (χ0v) is 15.3. The van der Waals surface area contributed by atoms with Gasteiger partial charge in [-0.25, -0.2) is 4.57 Å². The zero-order valence-electron chi connectivity index (χ0n) is 13.6. The van der Waals surface area contributed by atoms with Crippen molar-refractivity contribution in [3.8, 4) is 0 Å². The summed E-state index contributed by atoms with van der Waals surface area (Å²) in [6.45, 7) is 0.151. The number of likely N-dealkylation sites (N-methyl/N-ethyl adjacent to an activating group) is 1. The summed E-state index contributed by atoms with van der Waals surface area (Å²) in [7, 11) is 1.12. The van der Waals surface area contributed by atoms with Crippen molar-refractivity contribution >= 4 is 24.9 Å². The first-order valence-corrected chi connectivity index (χ1v) is 9.77. The molecule has 0 radical (unpaired) electrons. The van der Waals surface area contributed by atoms with Gasteiger partial charge in [0.2, 0.25) is 0 Å². The van der Waals surface area contributed by atoms with Gasteiger partial charge in [-0.15, -0.1) is 11.3 Å². The van der Waals surface area contributed by atoms with Crippen molar-refractivity contribution in [2.45, 2.75) is 25.3 Å². The highest BCUT2D eigenvalue weighted by Crippen LogP contribution is 2.49. The minimum atomic E-state index is -3.47. The van der Waals surface area contributed by atoms with Crippen molar-refractivity contribution in [1.82, 2.24) is 4.90 Å². The molecule has 0 saturated carbocycles. The fourth-order valence-electron chi connectivity index (χ4n) is 2.50. The molecular formula is C15H23N2O4PS. The average Bonchev–Trinajstić information content (AvgIpc) is 3.09. The summed E-state index contributed by atoms with van der Waals surface area (Å²) in [6, 6.07) is 4.12. The lowest BCUT2D eigenvalue weighted by Crippen LogP contribution is -2.33. The molecule has 2 heterocycles. The number of aliphatic hydroxyl groups excluding tert-OH is 1.